The number of unbranched alkanes of at least 4 members (excludes halogenated alkanes) is 5. The number of methoxy groups -OCH3 is 1. The van der Waals surface area contributed by atoms with Crippen LogP contribution in [0.4, 0.5) is 4.79 Å². The fraction of sp³-hybridized carbons (Fsp3) is 0.618. The molecule has 3 rings (SSSR count). The highest BCUT2D eigenvalue weighted by Crippen LogP contribution is 2.45. The number of aromatic nitrogens is 1. The van der Waals surface area contributed by atoms with Crippen LogP contribution in [0.3, 0.4) is 0 Å². The third-order valence-corrected chi connectivity index (χ3v) is 7.49. The van der Waals surface area contributed by atoms with E-state index in [-0.39, 0.29) is 35.1 Å². The van der Waals surface area contributed by atoms with E-state index in [2.05, 4.69) is 26.1 Å². The molecule has 1 aliphatic heterocycles. The maximum absolute atomic E-state index is 13.0. The number of carbonyl (C=O) groups is 2. The minimum Gasteiger partial charge on any atom is -0.493 e. The molecule has 1 amide bonds. The number of hydrogen-bond acceptors (Lipinski definition) is 7. The molecule has 0 saturated heterocycles. The molecule has 9 heteroatoms. The SMILES string of the molecule is CCOC(=O)c1cn2c(cc1=O)-c1cc(OC)c(OCCCCCCCCNC(=O)OC(C)(C)C)cc1CC2C(C)(C)C. The lowest BCUT2D eigenvalue weighted by Gasteiger charge is -2.39. The summed E-state index contributed by atoms with van der Waals surface area (Å²) >= 11 is 0. The zero-order chi connectivity index (χ0) is 31.8. The van der Waals surface area contributed by atoms with Crippen LogP contribution in [0.5, 0.6) is 11.5 Å². The molecule has 1 aromatic carbocycles. The Labute approximate surface area is 256 Å². The second-order valence-electron chi connectivity index (χ2n) is 13.2. The highest BCUT2D eigenvalue weighted by Gasteiger charge is 2.34. The Balaban J connectivity index is 1.60. The highest BCUT2D eigenvalue weighted by molar-refractivity contribution is 5.89. The maximum atomic E-state index is 13.0. The Morgan fingerprint density at radius 3 is 2.26 bits per heavy atom. The molecule has 43 heavy (non-hydrogen) atoms. The fourth-order valence-corrected chi connectivity index (χ4v) is 5.32. The molecule has 1 unspecified atom stereocenters. The molecule has 0 bridgehead atoms. The number of carbonyl (C=O) groups excluding carboxylic acids is 2. The molecule has 0 aliphatic carbocycles. The summed E-state index contributed by atoms with van der Waals surface area (Å²) in [6.45, 7) is 15.2. The fourth-order valence-electron chi connectivity index (χ4n) is 5.32. The van der Waals surface area contributed by atoms with Gasteiger partial charge in [0, 0.05) is 30.4 Å². The Morgan fingerprint density at radius 2 is 1.63 bits per heavy atom. The van der Waals surface area contributed by atoms with Gasteiger partial charge in [0.2, 0.25) is 0 Å². The molecular formula is C34H50N2O7. The molecule has 9 nitrogen and oxygen atoms in total. The van der Waals surface area contributed by atoms with Gasteiger partial charge >= 0.3 is 12.1 Å². The van der Waals surface area contributed by atoms with E-state index < -0.39 is 11.6 Å². The van der Waals surface area contributed by atoms with Crippen molar-refractivity contribution in [3.05, 3.63) is 45.7 Å². The second kappa shape index (κ2) is 14.8. The smallest absolute Gasteiger partial charge is 0.407 e. The number of ether oxygens (including phenoxy) is 4. The monoisotopic (exact) mass is 598 g/mol. The quantitative estimate of drug-likeness (QED) is 0.194. The van der Waals surface area contributed by atoms with Crippen molar-refractivity contribution >= 4 is 12.1 Å². The zero-order valence-corrected chi connectivity index (χ0v) is 27.3. The molecule has 2 heterocycles. The van der Waals surface area contributed by atoms with Gasteiger partial charge in [0.05, 0.1) is 26.0 Å². The van der Waals surface area contributed by atoms with E-state index in [9.17, 15) is 14.4 Å². The number of hydrogen-bond donors (Lipinski definition) is 1. The van der Waals surface area contributed by atoms with Crippen LogP contribution >= 0.6 is 0 Å². The number of amides is 1. The lowest BCUT2D eigenvalue weighted by atomic mass is 9.78. The van der Waals surface area contributed by atoms with Gasteiger partial charge in [-0.25, -0.2) is 9.59 Å². The van der Waals surface area contributed by atoms with Crippen molar-refractivity contribution < 1.29 is 28.5 Å². The van der Waals surface area contributed by atoms with Crippen LogP contribution in [0.25, 0.3) is 11.3 Å². The van der Waals surface area contributed by atoms with E-state index in [1.54, 1.807) is 20.2 Å². The first-order chi connectivity index (χ1) is 20.2. The number of benzene rings is 1. The average molecular weight is 599 g/mol. The van der Waals surface area contributed by atoms with Gasteiger partial charge in [0.25, 0.3) is 0 Å². The van der Waals surface area contributed by atoms with Crippen LogP contribution in [0.1, 0.15) is 109 Å². The van der Waals surface area contributed by atoms with Gasteiger partial charge in [-0.15, -0.1) is 0 Å². The predicted octanol–water partition coefficient (Wildman–Crippen LogP) is 7.09. The minimum absolute atomic E-state index is 0.0179. The summed E-state index contributed by atoms with van der Waals surface area (Å²) in [5.74, 6) is 0.706. The molecule has 0 saturated carbocycles. The lowest BCUT2D eigenvalue weighted by molar-refractivity contribution is 0.0514. The van der Waals surface area contributed by atoms with Gasteiger partial charge in [0.15, 0.2) is 16.9 Å². The first-order valence-electron chi connectivity index (χ1n) is 15.5. The van der Waals surface area contributed by atoms with E-state index >= 15 is 0 Å². The van der Waals surface area contributed by atoms with Gasteiger partial charge in [-0.2, -0.15) is 0 Å². The molecule has 0 radical (unpaired) electrons. The van der Waals surface area contributed by atoms with Crippen LogP contribution in [0.2, 0.25) is 0 Å². The Hall–Kier alpha value is -3.49. The standard InChI is InChI=1S/C34H50N2O7/c1-9-41-31(38)25-22-36-26(21-27(25)37)24-20-28(40-8)29(18-23(24)19-30(36)33(2,3)4)42-17-15-13-11-10-12-14-16-35-32(39)43-34(5,6)7/h18,20-22,30H,9-17,19H2,1-8H3,(H,35,39). The lowest BCUT2D eigenvalue weighted by Crippen LogP contribution is -2.33. The average Bonchev–Trinajstić information content (AvgIpc) is 2.91. The normalized spacial score (nSPS) is 14.4. The van der Waals surface area contributed by atoms with Crippen molar-refractivity contribution in [2.75, 3.05) is 26.9 Å². The summed E-state index contributed by atoms with van der Waals surface area (Å²) in [7, 11) is 1.62. The van der Waals surface area contributed by atoms with Crippen molar-refractivity contribution in [3.8, 4) is 22.8 Å². The number of rotatable bonds is 13. The first kappa shape index (κ1) is 34.0. The van der Waals surface area contributed by atoms with E-state index in [0.29, 0.717) is 24.7 Å². The minimum atomic E-state index is -0.599. The Kier molecular flexibility index (Phi) is 11.7. The van der Waals surface area contributed by atoms with Crippen LogP contribution in [0, 0.1) is 5.41 Å². The van der Waals surface area contributed by atoms with Crippen molar-refractivity contribution in [2.24, 2.45) is 5.41 Å². The summed E-state index contributed by atoms with van der Waals surface area (Å²) in [6, 6.07) is 5.53. The molecule has 1 aromatic heterocycles. The highest BCUT2D eigenvalue weighted by atomic mass is 16.6. The molecule has 0 fully saturated rings. The molecule has 1 aliphatic rings. The molecule has 238 valence electrons. The van der Waals surface area contributed by atoms with Crippen molar-refractivity contribution in [1.29, 1.82) is 0 Å². The van der Waals surface area contributed by atoms with Gasteiger partial charge < -0.3 is 28.8 Å². The predicted molar refractivity (Wildman–Crippen MR) is 168 cm³/mol. The van der Waals surface area contributed by atoms with Crippen LogP contribution in [-0.2, 0) is 15.9 Å². The number of fused-ring (bicyclic) bond motifs is 3. The zero-order valence-electron chi connectivity index (χ0n) is 27.3. The van der Waals surface area contributed by atoms with Gasteiger partial charge in [-0.05, 0) is 70.1 Å². The van der Waals surface area contributed by atoms with E-state index in [1.165, 1.54) is 6.07 Å². The van der Waals surface area contributed by atoms with Crippen LogP contribution in [-0.4, -0.2) is 49.1 Å². The third kappa shape index (κ3) is 9.50. The topological polar surface area (TPSA) is 105 Å². The number of pyridine rings is 1. The van der Waals surface area contributed by atoms with Gasteiger partial charge in [-0.3, -0.25) is 4.79 Å². The molecule has 1 atom stereocenters. The summed E-state index contributed by atoms with van der Waals surface area (Å²) < 4.78 is 24.3. The van der Waals surface area contributed by atoms with E-state index in [0.717, 1.165) is 61.8 Å². The summed E-state index contributed by atoms with van der Waals surface area (Å²) in [4.78, 5) is 37.2. The van der Waals surface area contributed by atoms with Crippen molar-refractivity contribution in [3.63, 3.8) is 0 Å². The molecular weight excluding hydrogens is 548 g/mol. The number of nitrogens with zero attached hydrogens (tertiary/aromatic N) is 1. The molecule has 1 N–H and O–H groups in total. The van der Waals surface area contributed by atoms with Crippen molar-refractivity contribution in [2.45, 2.75) is 105 Å². The Morgan fingerprint density at radius 1 is 0.953 bits per heavy atom. The maximum Gasteiger partial charge on any atom is 0.407 e. The summed E-state index contributed by atoms with van der Waals surface area (Å²) in [5.41, 5.74) is 1.81. The first-order valence-corrected chi connectivity index (χ1v) is 15.5. The Bertz CT molecular complexity index is 1320. The van der Waals surface area contributed by atoms with Gasteiger partial charge in [0.1, 0.15) is 11.2 Å². The van der Waals surface area contributed by atoms with Gasteiger partial charge in [-0.1, -0.05) is 46.5 Å². The molecule has 0 spiro atoms. The second-order valence-corrected chi connectivity index (χ2v) is 13.2. The van der Waals surface area contributed by atoms with E-state index in [4.69, 9.17) is 18.9 Å². The number of esters is 1. The molecule has 2 aromatic rings. The third-order valence-electron chi connectivity index (χ3n) is 7.49. The van der Waals surface area contributed by atoms with E-state index in [1.807, 2.05) is 37.5 Å². The van der Waals surface area contributed by atoms with Crippen molar-refractivity contribution in [1.82, 2.24) is 9.88 Å². The number of alkyl carbamates (subject to hydrolysis) is 1. The number of nitrogens with one attached hydrogen (secondary N) is 1. The van der Waals surface area contributed by atoms with Crippen LogP contribution < -0.4 is 20.2 Å². The summed E-state index contributed by atoms with van der Waals surface area (Å²) in [5, 5.41) is 2.80. The largest absolute Gasteiger partial charge is 0.493 e. The summed E-state index contributed by atoms with van der Waals surface area (Å²) in [6.07, 6.45) is 8.17. The van der Waals surface area contributed by atoms with Crippen LogP contribution in [0.15, 0.2) is 29.2 Å².